The van der Waals surface area contributed by atoms with Crippen molar-refractivity contribution in [3.63, 3.8) is 0 Å². The molecule has 3 aliphatic heterocycles. The third kappa shape index (κ3) is 3.18. The van der Waals surface area contributed by atoms with Gasteiger partial charge in [0.2, 0.25) is 0 Å². The summed E-state index contributed by atoms with van der Waals surface area (Å²) in [5, 5.41) is 0. The highest BCUT2D eigenvalue weighted by Gasteiger charge is 2.56. The van der Waals surface area contributed by atoms with E-state index < -0.39 is 18.9 Å². The highest BCUT2D eigenvalue weighted by atomic mass is 16.8. The second kappa shape index (κ2) is 7.31. The molecule has 142 valence electrons. The van der Waals surface area contributed by atoms with Gasteiger partial charge in [-0.25, -0.2) is 0 Å². The molecule has 6 heteroatoms. The minimum atomic E-state index is -0.523. The molecular weight excluding hydrogens is 348 g/mol. The molecule has 6 nitrogen and oxygen atoms in total. The lowest BCUT2D eigenvalue weighted by Gasteiger charge is -2.45. The van der Waals surface area contributed by atoms with Crippen LogP contribution in [0.1, 0.15) is 23.7 Å². The first-order valence-electron chi connectivity index (χ1n) is 9.19. The number of methoxy groups -OCH3 is 1. The number of ether oxygens (including phenoxy) is 6. The van der Waals surface area contributed by atoms with E-state index in [1.807, 2.05) is 60.7 Å². The van der Waals surface area contributed by atoms with Crippen LogP contribution < -0.4 is 0 Å². The first-order valence-corrected chi connectivity index (χ1v) is 9.19. The summed E-state index contributed by atoms with van der Waals surface area (Å²) in [6.07, 6.45) is -2.67. The molecule has 0 aromatic heterocycles. The second-order valence-electron chi connectivity index (χ2n) is 6.90. The number of hydrogen-bond acceptors (Lipinski definition) is 6. The van der Waals surface area contributed by atoms with Crippen molar-refractivity contribution in [1.82, 2.24) is 0 Å². The van der Waals surface area contributed by atoms with Crippen molar-refractivity contribution in [1.29, 1.82) is 0 Å². The predicted molar refractivity (Wildman–Crippen MR) is 94.6 cm³/mol. The molecule has 2 aromatic carbocycles. The third-order valence-corrected chi connectivity index (χ3v) is 5.22. The van der Waals surface area contributed by atoms with Crippen LogP contribution in [0.15, 0.2) is 60.7 Å². The Bertz CT molecular complexity index is 754. The van der Waals surface area contributed by atoms with Crippen LogP contribution in [0.4, 0.5) is 0 Å². The van der Waals surface area contributed by atoms with Crippen LogP contribution in [0.5, 0.6) is 0 Å². The van der Waals surface area contributed by atoms with Gasteiger partial charge in [0.25, 0.3) is 0 Å². The zero-order chi connectivity index (χ0) is 18.2. The number of rotatable bonds is 3. The number of fused-ring (bicyclic) bond motifs is 3. The summed E-state index contributed by atoms with van der Waals surface area (Å²) in [5.41, 5.74) is 1.94. The summed E-state index contributed by atoms with van der Waals surface area (Å²) in [6, 6.07) is 19.8. The second-order valence-corrected chi connectivity index (χ2v) is 6.90. The summed E-state index contributed by atoms with van der Waals surface area (Å²) in [5.74, 6) is 0. The van der Waals surface area contributed by atoms with E-state index in [0.717, 1.165) is 11.1 Å². The summed E-state index contributed by atoms with van der Waals surface area (Å²) in [7, 11) is 1.61. The molecule has 5 rings (SSSR count). The van der Waals surface area contributed by atoms with Crippen LogP contribution in [-0.4, -0.2) is 44.4 Å². The van der Waals surface area contributed by atoms with Crippen LogP contribution in [0.3, 0.4) is 0 Å². The lowest BCUT2D eigenvalue weighted by atomic mass is 9.98. The molecule has 0 amide bonds. The lowest BCUT2D eigenvalue weighted by molar-refractivity contribution is -0.343. The molecule has 0 N–H and O–H groups in total. The Kier molecular flexibility index (Phi) is 4.69. The first kappa shape index (κ1) is 17.3. The SMILES string of the molecule is CO[C@H]1O[C@@H]2CO[C@H](c3ccccc3)O[C@H]2[C@@H]2O[C@H](c3ccccc3)O[C@H]12. The van der Waals surface area contributed by atoms with Gasteiger partial charge >= 0.3 is 0 Å². The Balaban J connectivity index is 1.39. The Morgan fingerprint density at radius 3 is 1.96 bits per heavy atom. The van der Waals surface area contributed by atoms with E-state index in [-0.39, 0.29) is 24.4 Å². The van der Waals surface area contributed by atoms with Crippen molar-refractivity contribution in [2.24, 2.45) is 0 Å². The van der Waals surface area contributed by atoms with Gasteiger partial charge in [-0.15, -0.1) is 0 Å². The largest absolute Gasteiger partial charge is 0.353 e. The van der Waals surface area contributed by atoms with E-state index in [2.05, 4.69) is 0 Å². The van der Waals surface area contributed by atoms with E-state index in [4.69, 9.17) is 28.4 Å². The van der Waals surface area contributed by atoms with Crippen molar-refractivity contribution in [2.75, 3.05) is 13.7 Å². The average molecular weight is 370 g/mol. The molecule has 3 saturated heterocycles. The fourth-order valence-corrected chi connectivity index (χ4v) is 3.90. The van der Waals surface area contributed by atoms with Crippen molar-refractivity contribution >= 4 is 0 Å². The smallest absolute Gasteiger partial charge is 0.186 e. The zero-order valence-electron chi connectivity index (χ0n) is 15.0. The van der Waals surface area contributed by atoms with Gasteiger partial charge in [0.05, 0.1) is 6.61 Å². The maximum atomic E-state index is 6.27. The van der Waals surface area contributed by atoms with Gasteiger partial charge in [0.1, 0.15) is 24.4 Å². The number of benzene rings is 2. The van der Waals surface area contributed by atoms with Gasteiger partial charge in [0, 0.05) is 18.2 Å². The average Bonchev–Trinajstić information content (AvgIpc) is 3.20. The fourth-order valence-electron chi connectivity index (χ4n) is 3.90. The van der Waals surface area contributed by atoms with Gasteiger partial charge < -0.3 is 28.4 Å². The van der Waals surface area contributed by atoms with E-state index in [1.54, 1.807) is 7.11 Å². The summed E-state index contributed by atoms with van der Waals surface area (Å²) in [6.45, 7) is 0.409. The normalized spacial score (nSPS) is 38.2. The highest BCUT2D eigenvalue weighted by molar-refractivity contribution is 5.18. The Morgan fingerprint density at radius 2 is 1.30 bits per heavy atom. The fraction of sp³-hybridized carbons (Fsp3) is 0.429. The Labute approximate surface area is 157 Å². The predicted octanol–water partition coefficient (Wildman–Crippen LogP) is 2.95. The van der Waals surface area contributed by atoms with Gasteiger partial charge in [-0.05, 0) is 0 Å². The minimum Gasteiger partial charge on any atom is -0.353 e. The van der Waals surface area contributed by atoms with Crippen LogP contribution in [-0.2, 0) is 28.4 Å². The minimum absolute atomic E-state index is 0.269. The molecule has 7 atom stereocenters. The van der Waals surface area contributed by atoms with Gasteiger partial charge in [0.15, 0.2) is 18.9 Å². The number of hydrogen-bond donors (Lipinski definition) is 0. The first-order chi connectivity index (χ1) is 13.3. The standard InChI is InChI=1S/C21H22O6/c1-22-21-18-17(26-20(27-18)14-10-6-3-7-11-14)16-15(24-21)12-23-19(25-16)13-8-4-2-5-9-13/h2-11,15-21H,12H2,1H3/t15-,16-,17+,18+,19+,20+,21+/m1/s1. The summed E-state index contributed by atoms with van der Waals surface area (Å²) >= 11 is 0. The molecular formula is C21H22O6. The maximum Gasteiger partial charge on any atom is 0.186 e. The summed E-state index contributed by atoms with van der Waals surface area (Å²) in [4.78, 5) is 0. The van der Waals surface area contributed by atoms with Gasteiger partial charge in [-0.3, -0.25) is 0 Å². The molecule has 3 aliphatic rings. The van der Waals surface area contributed by atoms with E-state index in [1.165, 1.54) is 0 Å². The Morgan fingerprint density at radius 1 is 0.704 bits per heavy atom. The van der Waals surface area contributed by atoms with Crippen molar-refractivity contribution in [3.05, 3.63) is 71.8 Å². The van der Waals surface area contributed by atoms with Crippen LogP contribution in [0.2, 0.25) is 0 Å². The molecule has 3 heterocycles. The molecule has 0 bridgehead atoms. The van der Waals surface area contributed by atoms with E-state index in [0.29, 0.717) is 6.61 Å². The van der Waals surface area contributed by atoms with Crippen molar-refractivity contribution in [2.45, 2.75) is 43.3 Å². The third-order valence-electron chi connectivity index (χ3n) is 5.22. The molecule has 3 fully saturated rings. The molecule has 0 radical (unpaired) electrons. The van der Waals surface area contributed by atoms with Gasteiger partial charge in [-0.2, -0.15) is 0 Å². The molecule has 0 aliphatic carbocycles. The van der Waals surface area contributed by atoms with Crippen molar-refractivity contribution in [3.8, 4) is 0 Å². The molecule has 0 saturated carbocycles. The van der Waals surface area contributed by atoms with E-state index in [9.17, 15) is 0 Å². The van der Waals surface area contributed by atoms with E-state index >= 15 is 0 Å². The highest BCUT2D eigenvalue weighted by Crippen LogP contribution is 2.43. The lowest BCUT2D eigenvalue weighted by Crippen LogP contribution is -2.61. The quantitative estimate of drug-likeness (QED) is 0.828. The van der Waals surface area contributed by atoms with Crippen molar-refractivity contribution < 1.29 is 28.4 Å². The molecule has 0 unspecified atom stereocenters. The zero-order valence-corrected chi connectivity index (χ0v) is 15.0. The topological polar surface area (TPSA) is 55.4 Å². The van der Waals surface area contributed by atoms with Crippen LogP contribution in [0, 0.1) is 0 Å². The molecule has 0 spiro atoms. The Hall–Kier alpha value is -1.80. The van der Waals surface area contributed by atoms with Crippen LogP contribution >= 0.6 is 0 Å². The van der Waals surface area contributed by atoms with Crippen LogP contribution in [0.25, 0.3) is 0 Å². The molecule has 27 heavy (non-hydrogen) atoms. The molecule has 2 aromatic rings. The summed E-state index contributed by atoms with van der Waals surface area (Å²) < 4.78 is 36.1. The maximum absolute atomic E-state index is 6.27. The van der Waals surface area contributed by atoms with Gasteiger partial charge in [-0.1, -0.05) is 60.7 Å². The monoisotopic (exact) mass is 370 g/mol.